The zero-order chi connectivity index (χ0) is 60.1. The van der Waals surface area contributed by atoms with E-state index in [1.165, 1.54) is 39.1 Å². The molecule has 0 amide bonds. The number of aliphatic hydroxyl groups excluding tert-OH is 2. The maximum atomic E-state index is 14.7. The Balaban J connectivity index is 1.20. The number of nitrogens with zero attached hydrogens (tertiary/aromatic N) is 3. The number of carbonyl (C=O) groups excluding carboxylic acids is 2. The van der Waals surface area contributed by atoms with Crippen LogP contribution in [0, 0.1) is 23.7 Å². The molecule has 6 unspecified atom stereocenters. The molecular formula is C58H92N4O18S. The number of aliphatic hydroxyl groups is 4. The number of hydrogen-bond donors (Lipinski definition) is 6. The van der Waals surface area contributed by atoms with E-state index in [2.05, 4.69) is 16.5 Å². The van der Waals surface area contributed by atoms with Gasteiger partial charge in [0.25, 0.3) is 0 Å². The van der Waals surface area contributed by atoms with E-state index in [-0.39, 0.29) is 61.9 Å². The Bertz CT molecular complexity index is 2560. The number of aryl methyl sites for hydroxylation is 1. The van der Waals surface area contributed by atoms with E-state index in [4.69, 9.17) is 42.7 Å². The molecule has 0 aliphatic carbocycles. The minimum atomic E-state index is -2.01. The van der Waals surface area contributed by atoms with Gasteiger partial charge in [0.05, 0.1) is 59.7 Å². The summed E-state index contributed by atoms with van der Waals surface area (Å²) in [5.74, 6) is -5.54. The highest BCUT2D eigenvalue weighted by atomic mass is 32.2. The highest BCUT2D eigenvalue weighted by molar-refractivity contribution is 7.99. The third-order valence-corrected chi connectivity index (χ3v) is 18.2. The van der Waals surface area contributed by atoms with E-state index in [1.807, 2.05) is 37.4 Å². The number of carboxylic acid groups (broad SMARTS) is 1. The number of ether oxygens (including phenoxy) is 8. The van der Waals surface area contributed by atoms with E-state index in [9.17, 15) is 44.7 Å². The van der Waals surface area contributed by atoms with Gasteiger partial charge in [-0.2, -0.15) is 0 Å². The van der Waals surface area contributed by atoms with Crippen LogP contribution in [0.4, 0.5) is 0 Å². The van der Waals surface area contributed by atoms with Gasteiger partial charge in [0.15, 0.2) is 18.7 Å². The molecule has 0 spiro atoms. The molecule has 0 bridgehead atoms. The van der Waals surface area contributed by atoms with Crippen molar-refractivity contribution in [1.82, 2.24) is 14.8 Å². The van der Waals surface area contributed by atoms with Crippen molar-refractivity contribution in [2.45, 2.75) is 216 Å². The lowest BCUT2D eigenvalue weighted by molar-refractivity contribution is -0.318. The number of nitrogens with one attached hydrogen (secondary N) is 1. The fraction of sp³-hybridized carbons (Fsp3) is 0.776. The predicted molar refractivity (Wildman–Crippen MR) is 302 cm³/mol. The quantitative estimate of drug-likeness (QED) is 0.0353. The van der Waals surface area contributed by atoms with Crippen molar-refractivity contribution < 1.29 is 82.6 Å². The first kappa shape index (κ1) is 66.3. The van der Waals surface area contributed by atoms with Gasteiger partial charge in [0, 0.05) is 85.8 Å². The monoisotopic (exact) mass is 1160 g/mol. The summed E-state index contributed by atoms with van der Waals surface area (Å²) in [6.07, 6.45) is -7.13. The Kier molecular flexibility index (Phi) is 22.9. The second kappa shape index (κ2) is 27.9. The largest absolute Gasteiger partial charge is 0.477 e. The normalized spacial score (nSPS) is 37.7. The maximum Gasteiger partial charge on any atom is 0.341 e. The lowest BCUT2D eigenvalue weighted by Gasteiger charge is -2.49. The van der Waals surface area contributed by atoms with E-state index in [0.717, 1.165) is 28.8 Å². The first-order valence-corrected chi connectivity index (χ1v) is 29.5. The molecule has 2 aromatic rings. The van der Waals surface area contributed by atoms with Crippen LogP contribution >= 0.6 is 11.8 Å². The number of methoxy groups -OCH3 is 2. The van der Waals surface area contributed by atoms with Gasteiger partial charge in [-0.1, -0.05) is 32.9 Å². The van der Waals surface area contributed by atoms with Gasteiger partial charge in [0.1, 0.15) is 29.0 Å². The average Bonchev–Trinajstić information content (AvgIpc) is 3.57. The molecule has 4 aliphatic rings. The summed E-state index contributed by atoms with van der Waals surface area (Å²) in [4.78, 5) is 61.7. The maximum absolute atomic E-state index is 14.7. The molecule has 6 rings (SSSR count). The standard InChI is InChI=1S/C58H92N4O18S/c1-16-42-58(11,71)50(66)33(5)45(60-74-29-72-14)30(2)26-56(9,70)51(80-55-48(65)41(61(12)13)23-32(4)75-55)34(6)49(35(7)54(69)77-42)79-44-27-57(10,73-15)52(36(8)76-44)78-43(63)19-20-59-21-22-81-38-24-37-18-17-31(3)62-28-40(53(67)68)47(64)39(25-38)46(37)62/h24-25,28,30-36,41-42,44,48-52,55,59,65-66,70-71H,16-23,26-27,29H2,1-15H3,(H,67,68)/b60-45+/t30-,31?,32-,33+,34+,35-,36+,41+,42?,44?,48-,49+,50-,51-,52?,55+,56-,57?,58?/m1/s1. The second-order valence-electron chi connectivity index (χ2n) is 23.9. The molecule has 22 nitrogen and oxygen atoms in total. The fourth-order valence-electron chi connectivity index (χ4n) is 12.5. The highest BCUT2D eigenvalue weighted by Crippen LogP contribution is 2.42. The number of thioether (sulfide) groups is 1. The summed E-state index contributed by atoms with van der Waals surface area (Å²) in [6.45, 7) is 19.5. The molecule has 1 aromatic heterocycles. The third kappa shape index (κ3) is 15.2. The minimum absolute atomic E-state index is 0.0102. The molecule has 0 radical (unpaired) electrons. The van der Waals surface area contributed by atoms with Crippen molar-refractivity contribution in [3.05, 3.63) is 39.7 Å². The summed E-state index contributed by atoms with van der Waals surface area (Å²) < 4.78 is 52.0. The second-order valence-corrected chi connectivity index (χ2v) is 25.1. The van der Waals surface area contributed by atoms with Gasteiger partial charge in [-0.3, -0.25) is 14.4 Å². The Morgan fingerprint density at radius 2 is 1.65 bits per heavy atom. The molecule has 3 saturated heterocycles. The topological polar surface area (TPSA) is 285 Å². The smallest absolute Gasteiger partial charge is 0.341 e. The van der Waals surface area contributed by atoms with Crippen molar-refractivity contribution in [2.75, 3.05) is 54.0 Å². The van der Waals surface area contributed by atoms with Crippen molar-refractivity contribution in [3.8, 4) is 0 Å². The molecule has 3 fully saturated rings. The van der Waals surface area contributed by atoms with E-state index in [1.54, 1.807) is 61.5 Å². The van der Waals surface area contributed by atoms with E-state index in [0.29, 0.717) is 30.6 Å². The summed E-state index contributed by atoms with van der Waals surface area (Å²) >= 11 is 1.53. The number of aromatic nitrogens is 1. The Hall–Kier alpha value is -3.82. The molecule has 1 aromatic carbocycles. The van der Waals surface area contributed by atoms with Crippen LogP contribution in [0.3, 0.4) is 0 Å². The number of hydrogen-bond acceptors (Lipinski definition) is 21. The van der Waals surface area contributed by atoms with Crippen LogP contribution in [0.2, 0.25) is 0 Å². The van der Waals surface area contributed by atoms with Gasteiger partial charge >= 0.3 is 17.9 Å². The number of cyclic esters (lactones) is 1. The van der Waals surface area contributed by atoms with Gasteiger partial charge in [-0.25, -0.2) is 4.79 Å². The molecule has 4 aliphatic heterocycles. The first-order valence-electron chi connectivity index (χ1n) is 28.5. The van der Waals surface area contributed by atoms with Crippen LogP contribution in [0.15, 0.2) is 33.2 Å². The van der Waals surface area contributed by atoms with Crippen LogP contribution in [-0.2, 0) is 58.7 Å². The van der Waals surface area contributed by atoms with Crippen LogP contribution in [-0.4, -0.2) is 197 Å². The summed E-state index contributed by atoms with van der Waals surface area (Å²) in [7, 11) is 6.62. The zero-order valence-electron chi connectivity index (χ0n) is 50.0. The van der Waals surface area contributed by atoms with Gasteiger partial charge < -0.3 is 83.0 Å². The molecule has 0 saturated carbocycles. The number of pyridine rings is 1. The highest BCUT2D eigenvalue weighted by Gasteiger charge is 2.54. The number of carbonyl (C=O) groups is 3. The number of benzene rings is 1. The summed E-state index contributed by atoms with van der Waals surface area (Å²) in [5.41, 5.74) is -3.70. The van der Waals surface area contributed by atoms with Crippen molar-refractivity contribution in [3.63, 3.8) is 0 Å². The number of carboxylic acids is 1. The summed E-state index contributed by atoms with van der Waals surface area (Å²) in [5, 5.41) is 66.6. The fourth-order valence-corrected chi connectivity index (χ4v) is 13.4. The summed E-state index contributed by atoms with van der Waals surface area (Å²) in [6, 6.07) is 3.52. The average molecular weight is 1170 g/mol. The number of likely N-dealkylation sites (N-methyl/N-ethyl adjacent to an activating group) is 1. The van der Waals surface area contributed by atoms with Gasteiger partial charge in [0.2, 0.25) is 12.2 Å². The molecule has 81 heavy (non-hydrogen) atoms. The SMILES string of the molecule is CCC1OC(=O)[C@H](C)[C@@H](OC2CC(C)(OC)C(OC(=O)CCNCCSc3cc4c5c(c3)c(=O)c(C(=O)O)cn5C(C)CC4)[C@H](C)O2)[C@H](C)[C@@H](O[C@@H]2O[C@H](C)C[C@H](N(C)C)[C@H]2O)[C@](C)(O)C[C@@H](C)/C(=N\OCOC)[C@H](C)[C@@H](O)C1(C)O. The van der Waals surface area contributed by atoms with Gasteiger partial charge in [-0.15, -0.1) is 11.8 Å². The Morgan fingerprint density at radius 1 is 0.951 bits per heavy atom. The van der Waals surface area contributed by atoms with Gasteiger partial charge in [-0.05, 0) is 112 Å². The van der Waals surface area contributed by atoms with Crippen LogP contribution in [0.1, 0.15) is 137 Å². The molecular weight excluding hydrogens is 1070 g/mol. The van der Waals surface area contributed by atoms with E-state index < -0.39 is 119 Å². The predicted octanol–water partition coefficient (Wildman–Crippen LogP) is 5.04. The lowest BCUT2D eigenvalue weighted by Crippen LogP contribution is -2.61. The third-order valence-electron chi connectivity index (χ3n) is 17.2. The lowest BCUT2D eigenvalue weighted by atomic mass is 9.73. The van der Waals surface area contributed by atoms with E-state index >= 15 is 0 Å². The molecule has 458 valence electrons. The number of esters is 2. The number of oxime groups is 1. The van der Waals surface area contributed by atoms with Crippen molar-refractivity contribution in [1.29, 1.82) is 0 Å². The van der Waals surface area contributed by atoms with Crippen molar-refractivity contribution >= 4 is 46.3 Å². The first-order chi connectivity index (χ1) is 38.0. The molecule has 23 heteroatoms. The molecule has 5 heterocycles. The Labute approximate surface area is 480 Å². The number of rotatable bonds is 19. The molecule has 19 atom stereocenters. The molecule has 6 N–H and O–H groups in total. The Morgan fingerprint density at radius 3 is 2.30 bits per heavy atom. The van der Waals surface area contributed by atoms with Crippen LogP contribution in [0.5, 0.6) is 0 Å². The zero-order valence-corrected chi connectivity index (χ0v) is 50.9. The van der Waals surface area contributed by atoms with Crippen LogP contribution in [0.25, 0.3) is 10.9 Å². The van der Waals surface area contributed by atoms with Crippen molar-refractivity contribution in [2.24, 2.45) is 28.8 Å². The number of aromatic carboxylic acids is 1. The minimum Gasteiger partial charge on any atom is -0.477 e. The van der Waals surface area contributed by atoms with Crippen LogP contribution < -0.4 is 10.7 Å².